The number of urea groups is 1. The van der Waals surface area contributed by atoms with Crippen molar-refractivity contribution in [2.45, 2.75) is 32.5 Å². The Bertz CT molecular complexity index is 1450. The van der Waals surface area contributed by atoms with E-state index in [9.17, 15) is 19.5 Å². The topological polar surface area (TPSA) is 173 Å². The lowest BCUT2D eigenvalue weighted by Gasteiger charge is -2.38. The predicted molar refractivity (Wildman–Crippen MR) is 148 cm³/mol. The van der Waals surface area contributed by atoms with Crippen LogP contribution in [0.3, 0.4) is 0 Å². The van der Waals surface area contributed by atoms with Crippen molar-refractivity contribution in [1.29, 1.82) is 0 Å². The number of aliphatic hydroxyl groups excluding tert-OH is 1. The van der Waals surface area contributed by atoms with Crippen molar-refractivity contribution in [1.82, 2.24) is 30.0 Å². The molecule has 1 aromatic heterocycles. The number of anilines is 2. The van der Waals surface area contributed by atoms with Crippen LogP contribution in [0.1, 0.15) is 24.2 Å². The number of aromatic nitrogens is 4. The Hall–Kier alpha value is -4.92. The number of aliphatic hydroxyl groups is 1. The number of ether oxygens (including phenoxy) is 3. The molecule has 222 valence electrons. The summed E-state index contributed by atoms with van der Waals surface area (Å²) in [7, 11) is 1.65. The molecule has 3 aromatic rings. The zero-order valence-electron chi connectivity index (χ0n) is 23.4. The second kappa shape index (κ2) is 12.3. The Morgan fingerprint density at radius 2 is 1.86 bits per heavy atom. The maximum Gasteiger partial charge on any atom is 0.321 e. The molecule has 0 spiro atoms. The van der Waals surface area contributed by atoms with Gasteiger partial charge >= 0.3 is 6.03 Å². The van der Waals surface area contributed by atoms with Gasteiger partial charge in [0.05, 0.1) is 24.8 Å². The van der Waals surface area contributed by atoms with Crippen molar-refractivity contribution in [2.75, 3.05) is 44.2 Å². The number of carbonyl (C=O) groups is 3. The zero-order valence-corrected chi connectivity index (χ0v) is 23.4. The molecule has 0 radical (unpaired) electrons. The predicted octanol–water partition coefficient (Wildman–Crippen LogP) is 1.42. The number of amides is 4. The average molecular weight is 581 g/mol. The van der Waals surface area contributed by atoms with E-state index in [1.165, 1.54) is 22.0 Å². The Balaban J connectivity index is 1.33. The highest BCUT2D eigenvalue weighted by Crippen LogP contribution is 2.34. The van der Waals surface area contributed by atoms with Crippen molar-refractivity contribution in [3.05, 3.63) is 48.3 Å². The van der Waals surface area contributed by atoms with E-state index in [1.54, 1.807) is 49.2 Å². The van der Waals surface area contributed by atoms with Gasteiger partial charge in [-0.25, -0.2) is 9.48 Å². The number of carbonyl (C=O) groups excluding carboxylic acids is 3. The SMILES string of the molecule is C[C@H]1CN([C@@H](C)CO)C(=O)c2cc(NC(=O)Cn3cnnn3)ccc2O[C@H]1CN(C)C(=O)Nc1ccc2c(c1)OCO2. The number of hydrogen-bond donors (Lipinski definition) is 3. The third-order valence-corrected chi connectivity index (χ3v) is 7.07. The molecule has 4 amide bonds. The lowest BCUT2D eigenvalue weighted by atomic mass is 9.99. The molecular formula is C27H32N8O7. The molecule has 0 bridgehead atoms. The summed E-state index contributed by atoms with van der Waals surface area (Å²) >= 11 is 0. The number of rotatable bonds is 8. The number of likely N-dealkylation sites (N-methyl/N-ethyl adjacent to an activating group) is 1. The van der Waals surface area contributed by atoms with Crippen molar-refractivity contribution < 1.29 is 33.7 Å². The first-order chi connectivity index (χ1) is 20.2. The van der Waals surface area contributed by atoms with Gasteiger partial charge in [-0.05, 0) is 47.7 Å². The molecule has 3 N–H and O–H groups in total. The van der Waals surface area contributed by atoms with Crippen LogP contribution in [0.4, 0.5) is 16.2 Å². The summed E-state index contributed by atoms with van der Waals surface area (Å²) < 4.78 is 18.3. The second-order valence-electron chi connectivity index (χ2n) is 10.3. The molecule has 0 saturated carbocycles. The van der Waals surface area contributed by atoms with Gasteiger partial charge in [0, 0.05) is 37.0 Å². The number of nitrogens with zero attached hydrogens (tertiary/aromatic N) is 6. The van der Waals surface area contributed by atoms with E-state index in [0.717, 1.165) is 0 Å². The largest absolute Gasteiger partial charge is 0.487 e. The summed E-state index contributed by atoms with van der Waals surface area (Å²) in [4.78, 5) is 42.3. The van der Waals surface area contributed by atoms with Crippen molar-refractivity contribution >= 4 is 29.2 Å². The summed E-state index contributed by atoms with van der Waals surface area (Å²) in [6.07, 6.45) is 0.817. The second-order valence-corrected chi connectivity index (χ2v) is 10.3. The molecule has 3 atom stereocenters. The maximum absolute atomic E-state index is 13.6. The molecule has 2 aromatic carbocycles. The van der Waals surface area contributed by atoms with Crippen molar-refractivity contribution in [3.8, 4) is 17.2 Å². The van der Waals surface area contributed by atoms with Gasteiger partial charge in [-0.2, -0.15) is 0 Å². The fourth-order valence-electron chi connectivity index (χ4n) is 4.66. The smallest absolute Gasteiger partial charge is 0.321 e. The van der Waals surface area contributed by atoms with Crippen LogP contribution in [0.2, 0.25) is 0 Å². The van der Waals surface area contributed by atoms with Crippen LogP contribution in [0.25, 0.3) is 0 Å². The van der Waals surface area contributed by atoms with Crippen LogP contribution in [0, 0.1) is 5.92 Å². The van der Waals surface area contributed by atoms with E-state index in [-0.39, 0.29) is 62.4 Å². The Labute approximate surface area is 241 Å². The Morgan fingerprint density at radius 1 is 1.12 bits per heavy atom. The van der Waals surface area contributed by atoms with Crippen LogP contribution >= 0.6 is 0 Å². The highest BCUT2D eigenvalue weighted by atomic mass is 16.7. The van der Waals surface area contributed by atoms with E-state index in [4.69, 9.17) is 14.2 Å². The third kappa shape index (κ3) is 6.35. The van der Waals surface area contributed by atoms with Crippen LogP contribution in [0.5, 0.6) is 17.2 Å². The van der Waals surface area contributed by atoms with E-state index in [2.05, 4.69) is 26.2 Å². The van der Waals surface area contributed by atoms with Gasteiger partial charge in [0.1, 0.15) is 24.7 Å². The number of tetrazole rings is 1. The summed E-state index contributed by atoms with van der Waals surface area (Å²) in [5.74, 6) is 0.536. The van der Waals surface area contributed by atoms with E-state index >= 15 is 0 Å². The normalized spacial score (nSPS) is 18.3. The van der Waals surface area contributed by atoms with Gasteiger partial charge in [0.15, 0.2) is 11.5 Å². The molecule has 0 aliphatic carbocycles. The number of hydrogen-bond acceptors (Lipinski definition) is 10. The summed E-state index contributed by atoms with van der Waals surface area (Å²) in [5.41, 5.74) is 1.15. The van der Waals surface area contributed by atoms with Gasteiger partial charge in [0.25, 0.3) is 5.91 Å². The Kier molecular flexibility index (Phi) is 8.38. The molecule has 2 aliphatic rings. The van der Waals surface area contributed by atoms with Gasteiger partial charge in [-0.1, -0.05) is 6.92 Å². The molecular weight excluding hydrogens is 548 g/mol. The maximum atomic E-state index is 13.6. The molecule has 0 fully saturated rings. The summed E-state index contributed by atoms with van der Waals surface area (Å²) in [5, 5.41) is 26.2. The molecule has 0 unspecified atom stereocenters. The zero-order chi connectivity index (χ0) is 29.8. The monoisotopic (exact) mass is 580 g/mol. The molecule has 5 rings (SSSR count). The standard InChI is InChI=1S/C27H32N8O7/c1-16-10-35(17(2)13-36)26(38)20-8-18(29-25(37)12-34-14-28-31-32-34)4-6-21(20)42-24(16)11-33(3)27(39)30-19-5-7-22-23(9-19)41-15-40-22/h4-9,14,16-17,24,36H,10-13,15H2,1-3H3,(H,29,37)(H,30,39)/t16-,17-,24-/m0/s1. The Morgan fingerprint density at radius 3 is 2.60 bits per heavy atom. The molecule has 2 aliphatic heterocycles. The average Bonchev–Trinajstić information content (AvgIpc) is 3.66. The molecule has 0 saturated heterocycles. The highest BCUT2D eigenvalue weighted by Gasteiger charge is 2.34. The quantitative estimate of drug-likeness (QED) is 0.354. The van der Waals surface area contributed by atoms with Crippen molar-refractivity contribution in [3.63, 3.8) is 0 Å². The van der Waals surface area contributed by atoms with Gasteiger partial charge in [-0.15, -0.1) is 5.10 Å². The van der Waals surface area contributed by atoms with Crippen molar-refractivity contribution in [2.24, 2.45) is 5.92 Å². The van der Waals surface area contributed by atoms with Crippen LogP contribution in [-0.4, -0.2) is 98.6 Å². The number of benzene rings is 2. The van der Waals surface area contributed by atoms with E-state index < -0.39 is 12.1 Å². The van der Waals surface area contributed by atoms with Crippen LogP contribution < -0.4 is 24.8 Å². The first-order valence-corrected chi connectivity index (χ1v) is 13.4. The van der Waals surface area contributed by atoms with Gasteiger partial charge in [0.2, 0.25) is 12.7 Å². The lowest BCUT2D eigenvalue weighted by molar-refractivity contribution is -0.116. The lowest BCUT2D eigenvalue weighted by Crippen LogP contribution is -2.50. The van der Waals surface area contributed by atoms with E-state index in [0.29, 0.717) is 28.6 Å². The molecule has 42 heavy (non-hydrogen) atoms. The fourth-order valence-corrected chi connectivity index (χ4v) is 4.66. The van der Waals surface area contributed by atoms with Gasteiger partial charge in [-0.3, -0.25) is 9.59 Å². The third-order valence-electron chi connectivity index (χ3n) is 7.07. The molecule has 15 nitrogen and oxygen atoms in total. The minimum absolute atomic E-state index is 0.109. The first-order valence-electron chi connectivity index (χ1n) is 13.4. The molecule has 15 heteroatoms. The summed E-state index contributed by atoms with van der Waals surface area (Å²) in [6.45, 7) is 3.95. The van der Waals surface area contributed by atoms with Crippen LogP contribution in [0.15, 0.2) is 42.7 Å². The number of nitrogens with one attached hydrogen (secondary N) is 2. The summed E-state index contributed by atoms with van der Waals surface area (Å²) in [6, 6.07) is 9.09. The minimum Gasteiger partial charge on any atom is -0.487 e. The fraction of sp³-hybridized carbons (Fsp3) is 0.407. The first kappa shape index (κ1) is 28.6. The molecule has 3 heterocycles. The van der Waals surface area contributed by atoms with Gasteiger partial charge < -0.3 is 39.8 Å². The van der Waals surface area contributed by atoms with Crippen LogP contribution in [-0.2, 0) is 11.3 Å². The highest BCUT2D eigenvalue weighted by molar-refractivity contribution is 6.00. The van der Waals surface area contributed by atoms with E-state index in [1.807, 2.05) is 6.92 Å². The number of fused-ring (bicyclic) bond motifs is 2. The minimum atomic E-state index is -0.502.